The lowest BCUT2D eigenvalue weighted by molar-refractivity contribution is -0.130. The van der Waals surface area contributed by atoms with E-state index in [1.54, 1.807) is 26.8 Å². The Balaban J connectivity index is 1.63. The van der Waals surface area contributed by atoms with Crippen molar-refractivity contribution in [2.45, 2.75) is 32.7 Å². The molecular formula is C14H20N4O4S. The number of nitrogens with one attached hydrogen (secondary N) is 2. The summed E-state index contributed by atoms with van der Waals surface area (Å²) in [6, 6.07) is 1.28. The number of nitrogens with zero attached hydrogens (tertiary/aromatic N) is 2. The van der Waals surface area contributed by atoms with Gasteiger partial charge in [-0.25, -0.2) is 4.79 Å². The molecule has 23 heavy (non-hydrogen) atoms. The maximum absolute atomic E-state index is 12.0. The zero-order chi connectivity index (χ0) is 17.0. The molecule has 0 saturated carbocycles. The Kier molecular flexibility index (Phi) is 5.30. The first-order valence-electron chi connectivity index (χ1n) is 7.24. The Hall–Kier alpha value is -2.03. The third kappa shape index (κ3) is 4.47. The van der Waals surface area contributed by atoms with Crippen molar-refractivity contribution in [2.24, 2.45) is 0 Å². The SMILES string of the molecule is Cc1cc(NC(=O)CCSCCN2C(=O)NC(C)(C)C2=O)no1. The largest absolute Gasteiger partial charge is 0.360 e. The summed E-state index contributed by atoms with van der Waals surface area (Å²) in [5, 5.41) is 8.94. The predicted molar refractivity (Wildman–Crippen MR) is 86.1 cm³/mol. The highest BCUT2D eigenvalue weighted by Crippen LogP contribution is 2.17. The van der Waals surface area contributed by atoms with E-state index in [0.29, 0.717) is 36.0 Å². The van der Waals surface area contributed by atoms with Crippen LogP contribution in [-0.2, 0) is 9.59 Å². The van der Waals surface area contributed by atoms with Gasteiger partial charge < -0.3 is 15.2 Å². The Labute approximate surface area is 138 Å². The van der Waals surface area contributed by atoms with Crippen LogP contribution in [0.3, 0.4) is 0 Å². The van der Waals surface area contributed by atoms with Crippen LogP contribution >= 0.6 is 11.8 Å². The van der Waals surface area contributed by atoms with Crippen molar-refractivity contribution in [3.05, 3.63) is 11.8 Å². The fourth-order valence-electron chi connectivity index (χ4n) is 2.07. The summed E-state index contributed by atoms with van der Waals surface area (Å²) in [5.41, 5.74) is -0.836. The van der Waals surface area contributed by atoms with E-state index in [0.717, 1.165) is 0 Å². The molecule has 0 aromatic carbocycles. The van der Waals surface area contributed by atoms with Crippen LogP contribution in [0.15, 0.2) is 10.6 Å². The molecule has 1 saturated heterocycles. The maximum atomic E-state index is 12.0. The van der Waals surface area contributed by atoms with Gasteiger partial charge in [0.05, 0.1) is 0 Å². The van der Waals surface area contributed by atoms with E-state index >= 15 is 0 Å². The van der Waals surface area contributed by atoms with Crippen LogP contribution in [-0.4, -0.2) is 51.5 Å². The van der Waals surface area contributed by atoms with Gasteiger partial charge in [-0.15, -0.1) is 0 Å². The van der Waals surface area contributed by atoms with Crippen LogP contribution in [0.25, 0.3) is 0 Å². The van der Waals surface area contributed by atoms with Crippen LogP contribution in [0.1, 0.15) is 26.0 Å². The second-order valence-electron chi connectivity index (χ2n) is 5.75. The fourth-order valence-corrected chi connectivity index (χ4v) is 2.92. The molecule has 1 aliphatic heterocycles. The molecule has 126 valence electrons. The Morgan fingerprint density at radius 3 is 2.74 bits per heavy atom. The zero-order valence-electron chi connectivity index (χ0n) is 13.3. The molecule has 4 amide bonds. The summed E-state index contributed by atoms with van der Waals surface area (Å²) >= 11 is 1.51. The number of thioether (sulfide) groups is 1. The summed E-state index contributed by atoms with van der Waals surface area (Å²) in [6.45, 7) is 5.44. The second kappa shape index (κ2) is 7.03. The number of anilines is 1. The number of carbonyl (C=O) groups is 3. The summed E-state index contributed by atoms with van der Waals surface area (Å²) in [7, 11) is 0. The number of aryl methyl sites for hydroxylation is 1. The number of hydrogen-bond acceptors (Lipinski definition) is 6. The molecule has 8 nitrogen and oxygen atoms in total. The summed E-state index contributed by atoms with van der Waals surface area (Å²) < 4.78 is 4.86. The van der Waals surface area contributed by atoms with Gasteiger partial charge in [-0.1, -0.05) is 5.16 Å². The molecule has 1 aliphatic rings. The highest BCUT2D eigenvalue weighted by molar-refractivity contribution is 7.99. The number of amides is 4. The lowest BCUT2D eigenvalue weighted by Gasteiger charge is -2.15. The van der Waals surface area contributed by atoms with Gasteiger partial charge in [0.15, 0.2) is 5.82 Å². The van der Waals surface area contributed by atoms with Crippen molar-refractivity contribution in [1.82, 2.24) is 15.4 Å². The third-order valence-electron chi connectivity index (χ3n) is 3.27. The standard InChI is InChI=1S/C14H20N4O4S/c1-9-8-10(17-22-9)15-11(19)4-6-23-7-5-18-12(20)14(2,3)16-13(18)21/h8H,4-7H2,1-3H3,(H,16,21)(H,15,17,19). The number of imide groups is 1. The first kappa shape index (κ1) is 17.3. The van der Waals surface area contributed by atoms with Crippen LogP contribution in [0.5, 0.6) is 0 Å². The summed E-state index contributed by atoms with van der Waals surface area (Å²) in [5.74, 6) is 1.84. The van der Waals surface area contributed by atoms with Crippen LogP contribution in [0.2, 0.25) is 0 Å². The third-order valence-corrected chi connectivity index (χ3v) is 4.24. The van der Waals surface area contributed by atoms with Crippen molar-refractivity contribution in [1.29, 1.82) is 0 Å². The minimum absolute atomic E-state index is 0.151. The minimum Gasteiger partial charge on any atom is -0.360 e. The lowest BCUT2D eigenvalue weighted by Crippen LogP contribution is -2.40. The van der Waals surface area contributed by atoms with Crippen LogP contribution in [0, 0.1) is 6.92 Å². The monoisotopic (exact) mass is 340 g/mol. The van der Waals surface area contributed by atoms with E-state index in [4.69, 9.17) is 4.52 Å². The van der Waals surface area contributed by atoms with Gasteiger partial charge in [0.1, 0.15) is 11.3 Å². The molecule has 0 radical (unpaired) electrons. The molecule has 0 bridgehead atoms. The molecular weight excluding hydrogens is 320 g/mol. The van der Waals surface area contributed by atoms with Crippen LogP contribution < -0.4 is 10.6 Å². The van der Waals surface area contributed by atoms with Crippen LogP contribution in [0.4, 0.5) is 10.6 Å². The number of aromatic nitrogens is 1. The molecule has 0 spiro atoms. The smallest absolute Gasteiger partial charge is 0.325 e. The summed E-state index contributed by atoms with van der Waals surface area (Å²) in [6.07, 6.45) is 0.322. The van der Waals surface area contributed by atoms with E-state index in [1.165, 1.54) is 16.7 Å². The molecule has 2 heterocycles. The quantitative estimate of drug-likeness (QED) is 0.574. The Morgan fingerprint density at radius 1 is 1.43 bits per heavy atom. The normalized spacial score (nSPS) is 16.6. The molecule has 1 aromatic rings. The Morgan fingerprint density at radius 2 is 2.17 bits per heavy atom. The lowest BCUT2D eigenvalue weighted by atomic mass is 10.1. The van der Waals surface area contributed by atoms with Gasteiger partial charge in [0, 0.05) is 30.5 Å². The average molecular weight is 340 g/mol. The molecule has 2 N–H and O–H groups in total. The first-order chi connectivity index (χ1) is 10.8. The van der Waals surface area contributed by atoms with E-state index in [2.05, 4.69) is 15.8 Å². The zero-order valence-corrected chi connectivity index (χ0v) is 14.2. The van der Waals surface area contributed by atoms with Gasteiger partial charge in [0.25, 0.3) is 5.91 Å². The van der Waals surface area contributed by atoms with E-state index in [-0.39, 0.29) is 17.8 Å². The van der Waals surface area contributed by atoms with E-state index in [9.17, 15) is 14.4 Å². The molecule has 2 rings (SSSR count). The topological polar surface area (TPSA) is 105 Å². The second-order valence-corrected chi connectivity index (χ2v) is 6.97. The van der Waals surface area contributed by atoms with Crippen molar-refractivity contribution < 1.29 is 18.9 Å². The maximum Gasteiger partial charge on any atom is 0.325 e. The number of hydrogen-bond donors (Lipinski definition) is 2. The molecule has 1 fully saturated rings. The average Bonchev–Trinajstić information content (AvgIpc) is 2.93. The van der Waals surface area contributed by atoms with Gasteiger partial charge in [0.2, 0.25) is 5.91 Å². The Bertz CT molecular complexity index is 614. The van der Waals surface area contributed by atoms with Gasteiger partial charge in [-0.3, -0.25) is 14.5 Å². The molecule has 1 aromatic heterocycles. The van der Waals surface area contributed by atoms with E-state index in [1.807, 2.05) is 0 Å². The fraction of sp³-hybridized carbons (Fsp3) is 0.571. The number of rotatable bonds is 7. The highest BCUT2D eigenvalue weighted by Gasteiger charge is 2.43. The van der Waals surface area contributed by atoms with Gasteiger partial charge >= 0.3 is 6.03 Å². The van der Waals surface area contributed by atoms with Crippen molar-refractivity contribution in [3.63, 3.8) is 0 Å². The van der Waals surface area contributed by atoms with Gasteiger partial charge in [-0.2, -0.15) is 11.8 Å². The molecule has 9 heteroatoms. The number of carbonyl (C=O) groups excluding carboxylic acids is 3. The molecule has 0 unspecified atom stereocenters. The predicted octanol–water partition coefficient (Wildman–Crippen LogP) is 1.38. The van der Waals surface area contributed by atoms with Crippen molar-refractivity contribution >= 4 is 35.4 Å². The van der Waals surface area contributed by atoms with Crippen molar-refractivity contribution in [3.8, 4) is 0 Å². The highest BCUT2D eigenvalue weighted by atomic mass is 32.2. The first-order valence-corrected chi connectivity index (χ1v) is 8.40. The molecule has 0 aliphatic carbocycles. The minimum atomic E-state index is -0.836. The van der Waals surface area contributed by atoms with Gasteiger partial charge in [-0.05, 0) is 20.8 Å². The molecule has 0 atom stereocenters. The number of urea groups is 1. The summed E-state index contributed by atoms with van der Waals surface area (Å²) in [4.78, 5) is 36.6. The van der Waals surface area contributed by atoms with Crippen molar-refractivity contribution in [2.75, 3.05) is 23.4 Å². The van der Waals surface area contributed by atoms with E-state index < -0.39 is 5.54 Å².